The Bertz CT molecular complexity index is 108. The third kappa shape index (κ3) is 3.04. The van der Waals surface area contributed by atoms with Gasteiger partial charge in [0.2, 0.25) is 0 Å². The highest BCUT2D eigenvalue weighted by Crippen LogP contribution is 2.13. The van der Waals surface area contributed by atoms with Gasteiger partial charge in [0.15, 0.2) is 0 Å². The van der Waals surface area contributed by atoms with Crippen LogP contribution in [0, 0.1) is 0 Å². The summed E-state index contributed by atoms with van der Waals surface area (Å²) < 4.78 is 5.03. The molecule has 3 heteroatoms. The van der Waals surface area contributed by atoms with E-state index in [-0.39, 0.29) is 6.61 Å². The van der Waals surface area contributed by atoms with Gasteiger partial charge in [0.25, 0.3) is 0 Å². The van der Waals surface area contributed by atoms with Crippen LogP contribution in [-0.2, 0) is 4.74 Å². The predicted molar refractivity (Wildman–Crippen MR) is 42.0 cm³/mol. The van der Waals surface area contributed by atoms with Gasteiger partial charge >= 0.3 is 0 Å². The highest BCUT2D eigenvalue weighted by Gasteiger charge is 2.19. The molecular weight excluding hydrogens is 127 g/mol. The second kappa shape index (κ2) is 4.53. The molecule has 1 atom stereocenters. The Morgan fingerprint density at radius 1 is 1.70 bits per heavy atom. The van der Waals surface area contributed by atoms with E-state index < -0.39 is 5.60 Å². The van der Waals surface area contributed by atoms with Crippen LogP contribution in [0.3, 0.4) is 0 Å². The third-order valence-corrected chi connectivity index (χ3v) is 1.51. The molecule has 0 fully saturated rings. The summed E-state index contributed by atoms with van der Waals surface area (Å²) in [7, 11) is 6.70. The van der Waals surface area contributed by atoms with E-state index >= 15 is 0 Å². The Kier molecular flexibility index (Phi) is 4.40. The van der Waals surface area contributed by atoms with E-state index in [2.05, 4.69) is 0 Å². The molecule has 0 bridgehead atoms. The number of aliphatic hydroxyl groups is 1. The molecule has 0 aromatic heterocycles. The first kappa shape index (κ1) is 9.72. The lowest BCUT2D eigenvalue weighted by Crippen LogP contribution is -2.30. The van der Waals surface area contributed by atoms with Crippen LogP contribution in [0.1, 0.15) is 13.3 Å². The van der Waals surface area contributed by atoms with Gasteiger partial charge in [-0.15, -0.1) is 5.98 Å². The van der Waals surface area contributed by atoms with E-state index in [4.69, 9.17) is 17.7 Å². The first-order valence-corrected chi connectivity index (χ1v) is 3.21. The Labute approximate surface area is 63.3 Å². The van der Waals surface area contributed by atoms with Gasteiger partial charge in [0.05, 0.1) is 12.2 Å². The van der Waals surface area contributed by atoms with Gasteiger partial charge in [0.1, 0.15) is 7.85 Å². The topological polar surface area (TPSA) is 29.5 Å². The number of hydrogen-bond acceptors (Lipinski definition) is 2. The first-order chi connectivity index (χ1) is 4.68. The van der Waals surface area contributed by atoms with E-state index in [1.54, 1.807) is 13.2 Å². The molecule has 2 nitrogen and oxygen atoms in total. The molecular formula is C7H13BO2. The molecule has 0 aliphatic carbocycles. The molecule has 0 aliphatic rings. The average molecular weight is 140 g/mol. The SMILES string of the molecule is [B]/C=C/C[C@@](C)(CO)OC. The normalized spacial score (nSPS) is 17.5. The van der Waals surface area contributed by atoms with Crippen molar-refractivity contribution in [2.75, 3.05) is 13.7 Å². The summed E-state index contributed by atoms with van der Waals surface area (Å²) in [5.41, 5.74) is -0.476. The maximum Gasteiger partial charge on any atom is 0.102 e. The summed E-state index contributed by atoms with van der Waals surface area (Å²) in [6.07, 6.45) is 2.40. The minimum Gasteiger partial charge on any atom is -0.393 e. The standard InChI is InChI=1S/C7H13BO2/c1-7(6-9,10-2)4-3-5-8/h3,5,9H,4,6H2,1-2H3/b5-3+/t7-/m0/s1. The molecule has 2 radical (unpaired) electrons. The van der Waals surface area contributed by atoms with Crippen molar-refractivity contribution >= 4 is 7.85 Å². The lowest BCUT2D eigenvalue weighted by atomic mass is 10.0. The van der Waals surface area contributed by atoms with Gasteiger partial charge in [-0.2, -0.15) is 0 Å². The first-order valence-electron chi connectivity index (χ1n) is 3.21. The van der Waals surface area contributed by atoms with Crippen LogP contribution in [0.5, 0.6) is 0 Å². The molecule has 0 saturated heterocycles. The van der Waals surface area contributed by atoms with Gasteiger partial charge in [-0.05, 0) is 13.3 Å². The van der Waals surface area contributed by atoms with E-state index in [1.165, 1.54) is 5.98 Å². The van der Waals surface area contributed by atoms with E-state index in [1.807, 2.05) is 6.92 Å². The molecule has 0 heterocycles. The van der Waals surface area contributed by atoms with E-state index in [0.717, 1.165) is 0 Å². The fraction of sp³-hybridized carbons (Fsp3) is 0.714. The zero-order valence-electron chi connectivity index (χ0n) is 6.50. The summed E-state index contributed by atoms with van der Waals surface area (Å²) in [4.78, 5) is 0. The van der Waals surface area contributed by atoms with E-state index in [9.17, 15) is 0 Å². The minimum atomic E-state index is -0.476. The Morgan fingerprint density at radius 2 is 2.30 bits per heavy atom. The number of hydrogen-bond donors (Lipinski definition) is 1. The fourth-order valence-corrected chi connectivity index (χ4v) is 0.530. The second-order valence-electron chi connectivity index (χ2n) is 2.44. The number of ether oxygens (including phenoxy) is 1. The molecule has 10 heavy (non-hydrogen) atoms. The molecule has 0 rings (SSSR count). The fourth-order valence-electron chi connectivity index (χ4n) is 0.530. The van der Waals surface area contributed by atoms with Gasteiger partial charge in [-0.1, -0.05) is 6.08 Å². The van der Waals surface area contributed by atoms with Gasteiger partial charge < -0.3 is 9.84 Å². The maximum atomic E-state index is 8.81. The quantitative estimate of drug-likeness (QED) is 0.574. The van der Waals surface area contributed by atoms with Crippen molar-refractivity contribution in [1.29, 1.82) is 0 Å². The van der Waals surface area contributed by atoms with Crippen molar-refractivity contribution in [2.24, 2.45) is 0 Å². The summed E-state index contributed by atoms with van der Waals surface area (Å²) in [6.45, 7) is 1.83. The monoisotopic (exact) mass is 140 g/mol. The van der Waals surface area contributed by atoms with Gasteiger partial charge in [0, 0.05) is 7.11 Å². The largest absolute Gasteiger partial charge is 0.393 e. The van der Waals surface area contributed by atoms with Crippen LogP contribution in [0.2, 0.25) is 0 Å². The van der Waals surface area contributed by atoms with Crippen molar-refractivity contribution in [2.45, 2.75) is 18.9 Å². The Morgan fingerprint density at radius 3 is 2.60 bits per heavy atom. The molecule has 0 spiro atoms. The van der Waals surface area contributed by atoms with Crippen LogP contribution in [0.25, 0.3) is 0 Å². The van der Waals surface area contributed by atoms with Crippen LogP contribution in [0.4, 0.5) is 0 Å². The van der Waals surface area contributed by atoms with Crippen molar-refractivity contribution in [3.05, 3.63) is 12.1 Å². The zero-order valence-corrected chi connectivity index (χ0v) is 6.50. The van der Waals surface area contributed by atoms with Crippen LogP contribution in [0.15, 0.2) is 12.1 Å². The molecule has 0 unspecified atom stereocenters. The van der Waals surface area contributed by atoms with Crippen LogP contribution < -0.4 is 0 Å². The van der Waals surface area contributed by atoms with Crippen molar-refractivity contribution in [3.63, 3.8) is 0 Å². The molecule has 56 valence electrons. The molecule has 0 amide bonds. The van der Waals surface area contributed by atoms with Crippen molar-refractivity contribution in [1.82, 2.24) is 0 Å². The van der Waals surface area contributed by atoms with Gasteiger partial charge in [-0.25, -0.2) is 0 Å². The molecule has 0 saturated carbocycles. The number of aliphatic hydroxyl groups excluding tert-OH is 1. The summed E-state index contributed by atoms with van der Waals surface area (Å²) >= 11 is 0. The van der Waals surface area contributed by atoms with Crippen LogP contribution >= 0.6 is 0 Å². The van der Waals surface area contributed by atoms with E-state index in [0.29, 0.717) is 6.42 Å². The number of methoxy groups -OCH3 is 1. The summed E-state index contributed by atoms with van der Waals surface area (Å²) in [5, 5.41) is 8.81. The van der Waals surface area contributed by atoms with Gasteiger partial charge in [-0.3, -0.25) is 0 Å². The van der Waals surface area contributed by atoms with Crippen molar-refractivity contribution in [3.8, 4) is 0 Å². The maximum absolute atomic E-state index is 8.81. The Balaban J connectivity index is 3.80. The summed E-state index contributed by atoms with van der Waals surface area (Å²) in [6, 6.07) is 0. The molecule has 0 aromatic carbocycles. The molecule has 0 aliphatic heterocycles. The predicted octanol–water partition coefficient (Wildman–Crippen LogP) is 0.456. The van der Waals surface area contributed by atoms with Crippen molar-refractivity contribution < 1.29 is 9.84 Å². The average Bonchev–Trinajstić information content (AvgIpc) is 2.00. The molecule has 1 N–H and O–H groups in total. The highest BCUT2D eigenvalue weighted by molar-refractivity contribution is 6.16. The highest BCUT2D eigenvalue weighted by atomic mass is 16.5. The summed E-state index contributed by atoms with van der Waals surface area (Å²) in [5.74, 6) is 1.45. The lowest BCUT2D eigenvalue weighted by molar-refractivity contribution is -0.0348. The Hall–Kier alpha value is -0.275. The third-order valence-electron chi connectivity index (χ3n) is 1.51. The smallest absolute Gasteiger partial charge is 0.102 e. The minimum absolute atomic E-state index is 0.00778. The second-order valence-corrected chi connectivity index (χ2v) is 2.44. The van der Waals surface area contributed by atoms with Crippen LogP contribution in [-0.4, -0.2) is 32.3 Å². The zero-order chi connectivity index (χ0) is 8.04. The number of rotatable bonds is 4. The molecule has 0 aromatic rings. The lowest BCUT2D eigenvalue weighted by Gasteiger charge is -2.23.